The van der Waals surface area contributed by atoms with E-state index in [0.29, 0.717) is 23.6 Å². The van der Waals surface area contributed by atoms with E-state index in [0.717, 1.165) is 5.69 Å². The molecule has 1 atom stereocenters. The number of amides is 1. The molecule has 1 amide bonds. The summed E-state index contributed by atoms with van der Waals surface area (Å²) in [5, 5.41) is 11.6. The van der Waals surface area contributed by atoms with Crippen LogP contribution in [0.2, 0.25) is 5.02 Å². The summed E-state index contributed by atoms with van der Waals surface area (Å²) in [6.07, 6.45) is 1.63. The van der Waals surface area contributed by atoms with Gasteiger partial charge in [0.15, 0.2) is 0 Å². The Kier molecular flexibility index (Phi) is 7.07. The van der Waals surface area contributed by atoms with Gasteiger partial charge < -0.3 is 19.6 Å². The molecular weight excluding hydrogens is 466 g/mol. The minimum absolute atomic E-state index is 0.0286. The highest BCUT2D eigenvalue weighted by Crippen LogP contribution is 2.42. The van der Waals surface area contributed by atoms with Crippen LogP contribution in [0, 0.1) is 0 Å². The van der Waals surface area contributed by atoms with Gasteiger partial charge >= 0.3 is 0 Å². The summed E-state index contributed by atoms with van der Waals surface area (Å²) in [4.78, 5) is 34.2. The molecule has 2 heterocycles. The molecule has 1 fully saturated rings. The first-order valence-electron chi connectivity index (χ1n) is 11.2. The quantitative estimate of drug-likeness (QED) is 0.290. The lowest BCUT2D eigenvalue weighted by Gasteiger charge is -2.25. The number of hydrogen-bond acceptors (Lipinski definition) is 6. The second kappa shape index (κ2) is 10.2. The van der Waals surface area contributed by atoms with Gasteiger partial charge in [-0.1, -0.05) is 29.8 Å². The lowest BCUT2D eigenvalue weighted by atomic mass is 9.95. The molecule has 1 unspecified atom stereocenters. The standard InChI is InChI=1S/C27H26ClN3O4/c1-4-35-20-12-13-22(28)21(15-20)25(32)23-24(17-8-10-19(11-9-17)30(2)3)31(27(34)26(23)33)16-18-7-5-6-14-29-18/h5-15,24,32H,4,16H2,1-3H3/b25-23+. The molecule has 4 rings (SSSR count). The molecule has 0 saturated carbocycles. The second-order valence-corrected chi connectivity index (χ2v) is 8.72. The summed E-state index contributed by atoms with van der Waals surface area (Å²) in [5.41, 5.74) is 2.47. The number of rotatable bonds is 7. The Labute approximate surface area is 209 Å². The molecule has 1 N–H and O–H groups in total. The molecule has 1 aliphatic heterocycles. The van der Waals surface area contributed by atoms with E-state index in [4.69, 9.17) is 16.3 Å². The van der Waals surface area contributed by atoms with Crippen LogP contribution in [0.15, 0.2) is 72.4 Å². The van der Waals surface area contributed by atoms with Crippen molar-refractivity contribution >= 4 is 34.7 Å². The van der Waals surface area contributed by atoms with E-state index < -0.39 is 17.7 Å². The Balaban J connectivity index is 1.87. The largest absolute Gasteiger partial charge is 0.507 e. The summed E-state index contributed by atoms with van der Waals surface area (Å²) >= 11 is 6.39. The number of aliphatic hydroxyl groups is 1. The highest BCUT2D eigenvalue weighted by molar-refractivity contribution is 6.47. The number of hydrogen-bond donors (Lipinski definition) is 1. The number of pyridine rings is 1. The van der Waals surface area contributed by atoms with Gasteiger partial charge in [0.2, 0.25) is 0 Å². The molecule has 1 saturated heterocycles. The van der Waals surface area contributed by atoms with Crippen molar-refractivity contribution < 1.29 is 19.4 Å². The molecular formula is C27H26ClN3O4. The predicted molar refractivity (Wildman–Crippen MR) is 135 cm³/mol. The van der Waals surface area contributed by atoms with E-state index in [2.05, 4.69) is 4.98 Å². The number of halogens is 1. The van der Waals surface area contributed by atoms with Crippen LogP contribution in [0.5, 0.6) is 5.75 Å². The SMILES string of the molecule is CCOc1ccc(Cl)c(/C(O)=C2\C(=O)C(=O)N(Cc3ccccn3)C2c2ccc(N(C)C)cc2)c1. The van der Waals surface area contributed by atoms with E-state index >= 15 is 0 Å². The summed E-state index contributed by atoms with van der Waals surface area (Å²) < 4.78 is 5.54. The maximum absolute atomic E-state index is 13.3. The van der Waals surface area contributed by atoms with E-state index in [1.807, 2.05) is 56.3 Å². The third-order valence-electron chi connectivity index (χ3n) is 5.83. The van der Waals surface area contributed by atoms with Crippen LogP contribution in [0.3, 0.4) is 0 Å². The third kappa shape index (κ3) is 4.86. The van der Waals surface area contributed by atoms with Gasteiger partial charge in [0, 0.05) is 31.5 Å². The highest BCUT2D eigenvalue weighted by Gasteiger charge is 2.46. The fourth-order valence-electron chi connectivity index (χ4n) is 4.10. The summed E-state index contributed by atoms with van der Waals surface area (Å²) in [6.45, 7) is 2.37. The van der Waals surface area contributed by atoms with Crippen LogP contribution < -0.4 is 9.64 Å². The number of aliphatic hydroxyl groups excluding tert-OH is 1. The second-order valence-electron chi connectivity index (χ2n) is 8.31. The van der Waals surface area contributed by atoms with Crippen molar-refractivity contribution in [1.82, 2.24) is 9.88 Å². The van der Waals surface area contributed by atoms with Crippen molar-refractivity contribution in [2.75, 3.05) is 25.6 Å². The number of carbonyl (C=O) groups excluding carboxylic acids is 2. The lowest BCUT2D eigenvalue weighted by molar-refractivity contribution is -0.140. The van der Waals surface area contributed by atoms with Gasteiger partial charge in [0.25, 0.3) is 11.7 Å². The first kappa shape index (κ1) is 24.3. The number of Topliss-reactive ketones (excluding diaryl/α,β-unsaturated/α-hetero) is 1. The van der Waals surface area contributed by atoms with Crippen LogP contribution in [0.4, 0.5) is 5.69 Å². The van der Waals surface area contributed by atoms with Gasteiger partial charge in [-0.3, -0.25) is 14.6 Å². The third-order valence-corrected chi connectivity index (χ3v) is 6.16. The Morgan fingerprint density at radius 3 is 2.49 bits per heavy atom. The van der Waals surface area contributed by atoms with Gasteiger partial charge in [0.05, 0.1) is 35.5 Å². The Morgan fingerprint density at radius 1 is 1.11 bits per heavy atom. The Bertz CT molecular complexity index is 1270. The van der Waals surface area contributed by atoms with Crippen molar-refractivity contribution in [3.8, 4) is 5.75 Å². The van der Waals surface area contributed by atoms with Gasteiger partial charge in [-0.2, -0.15) is 0 Å². The molecule has 3 aromatic rings. The maximum Gasteiger partial charge on any atom is 0.296 e. The average molecular weight is 492 g/mol. The van der Waals surface area contributed by atoms with Crippen molar-refractivity contribution in [2.24, 2.45) is 0 Å². The minimum Gasteiger partial charge on any atom is -0.507 e. The summed E-state index contributed by atoms with van der Waals surface area (Å²) in [7, 11) is 3.85. The highest BCUT2D eigenvalue weighted by atomic mass is 35.5. The van der Waals surface area contributed by atoms with Crippen molar-refractivity contribution in [3.05, 3.63) is 94.3 Å². The molecule has 1 aromatic heterocycles. The minimum atomic E-state index is -0.819. The smallest absolute Gasteiger partial charge is 0.296 e. The van der Waals surface area contributed by atoms with Crippen molar-refractivity contribution in [3.63, 3.8) is 0 Å². The zero-order valence-electron chi connectivity index (χ0n) is 19.7. The van der Waals surface area contributed by atoms with Crippen LogP contribution in [-0.4, -0.2) is 47.4 Å². The number of benzene rings is 2. The van der Waals surface area contributed by atoms with Gasteiger partial charge in [-0.15, -0.1) is 0 Å². The molecule has 0 bridgehead atoms. The number of anilines is 1. The number of carbonyl (C=O) groups is 2. The topological polar surface area (TPSA) is 83.0 Å². The van der Waals surface area contributed by atoms with Crippen LogP contribution in [0.25, 0.3) is 5.76 Å². The van der Waals surface area contributed by atoms with E-state index in [-0.39, 0.29) is 28.5 Å². The van der Waals surface area contributed by atoms with E-state index in [1.54, 1.807) is 36.5 Å². The predicted octanol–water partition coefficient (Wildman–Crippen LogP) is 4.82. The first-order valence-corrected chi connectivity index (χ1v) is 11.6. The van der Waals surface area contributed by atoms with Crippen molar-refractivity contribution in [1.29, 1.82) is 0 Å². The van der Waals surface area contributed by atoms with Crippen LogP contribution >= 0.6 is 11.6 Å². The van der Waals surface area contributed by atoms with E-state index in [9.17, 15) is 14.7 Å². The fraction of sp³-hybridized carbons (Fsp3) is 0.222. The Morgan fingerprint density at radius 2 is 1.86 bits per heavy atom. The normalized spacial score (nSPS) is 17.0. The van der Waals surface area contributed by atoms with Crippen LogP contribution in [0.1, 0.15) is 29.8 Å². The molecule has 8 heteroatoms. The summed E-state index contributed by atoms with van der Waals surface area (Å²) in [6, 6.07) is 16.9. The molecule has 0 aliphatic carbocycles. The van der Waals surface area contributed by atoms with Gasteiger partial charge in [-0.25, -0.2) is 0 Å². The fourth-order valence-corrected chi connectivity index (χ4v) is 4.31. The molecule has 1 aliphatic rings. The number of likely N-dealkylation sites (tertiary alicyclic amines) is 1. The number of aromatic nitrogens is 1. The first-order chi connectivity index (χ1) is 16.8. The van der Waals surface area contributed by atoms with Crippen molar-refractivity contribution in [2.45, 2.75) is 19.5 Å². The Hall–Kier alpha value is -3.84. The molecule has 7 nitrogen and oxygen atoms in total. The van der Waals surface area contributed by atoms with E-state index in [1.165, 1.54) is 4.90 Å². The number of nitrogens with zero attached hydrogens (tertiary/aromatic N) is 3. The molecule has 0 spiro atoms. The van der Waals surface area contributed by atoms with Gasteiger partial charge in [-0.05, 0) is 55.0 Å². The zero-order valence-corrected chi connectivity index (χ0v) is 20.5. The van der Waals surface area contributed by atoms with Crippen LogP contribution in [-0.2, 0) is 16.1 Å². The summed E-state index contributed by atoms with van der Waals surface area (Å²) in [5.74, 6) is -1.35. The zero-order chi connectivity index (χ0) is 25.1. The number of ketones is 1. The average Bonchev–Trinajstić information content (AvgIpc) is 3.10. The lowest BCUT2D eigenvalue weighted by Crippen LogP contribution is -2.29. The van der Waals surface area contributed by atoms with Gasteiger partial charge in [0.1, 0.15) is 11.5 Å². The molecule has 180 valence electrons. The number of ether oxygens (including phenoxy) is 1. The molecule has 35 heavy (non-hydrogen) atoms. The molecule has 0 radical (unpaired) electrons. The maximum atomic E-state index is 13.3. The monoisotopic (exact) mass is 491 g/mol. The molecule has 2 aromatic carbocycles.